The summed E-state index contributed by atoms with van der Waals surface area (Å²) >= 11 is 0. The van der Waals surface area contributed by atoms with Crippen LogP contribution in [-0.4, -0.2) is 24.4 Å². The summed E-state index contributed by atoms with van der Waals surface area (Å²) in [5.74, 6) is 0. The van der Waals surface area contributed by atoms with Crippen LogP contribution in [0.1, 0.15) is 63.9 Å². The highest BCUT2D eigenvalue weighted by molar-refractivity contribution is 5.14. The van der Waals surface area contributed by atoms with Crippen molar-refractivity contribution in [2.45, 2.75) is 71.1 Å². The van der Waals surface area contributed by atoms with Gasteiger partial charge in [0.05, 0.1) is 0 Å². The molecule has 1 unspecified atom stereocenters. The van der Waals surface area contributed by atoms with Crippen LogP contribution >= 0.6 is 0 Å². The largest absolute Gasteiger partial charge is 0.379 e. The van der Waals surface area contributed by atoms with Gasteiger partial charge in [0.15, 0.2) is 0 Å². The number of unbranched alkanes of at least 4 members (excludes halogenated alkanes) is 5. The fourth-order valence-corrected chi connectivity index (χ4v) is 2.52. The Morgan fingerprint density at radius 2 is 1.64 bits per heavy atom. The molecule has 3 nitrogen and oxygen atoms in total. The number of aliphatic hydroxyl groups is 1. The number of benzene rings is 1. The zero-order valence-electron chi connectivity index (χ0n) is 14.2. The van der Waals surface area contributed by atoms with Crippen LogP contribution in [0.4, 0.5) is 0 Å². The lowest BCUT2D eigenvalue weighted by Crippen LogP contribution is -2.29. The van der Waals surface area contributed by atoms with Gasteiger partial charge in [-0.15, -0.1) is 0 Å². The molecule has 126 valence electrons. The molecule has 1 rings (SSSR count). The highest BCUT2D eigenvalue weighted by Crippen LogP contribution is 2.03. The molecule has 0 radical (unpaired) electrons. The first-order chi connectivity index (χ1) is 10.8. The molecule has 3 N–H and O–H groups in total. The van der Waals surface area contributed by atoms with Crippen molar-refractivity contribution >= 4 is 0 Å². The summed E-state index contributed by atoms with van der Waals surface area (Å²) < 4.78 is 0. The molecule has 0 heterocycles. The molecule has 0 aromatic heterocycles. The summed E-state index contributed by atoms with van der Waals surface area (Å²) in [6.07, 6.45) is 9.01. The van der Waals surface area contributed by atoms with Crippen LogP contribution in [0.3, 0.4) is 0 Å². The van der Waals surface area contributed by atoms with E-state index in [9.17, 15) is 5.11 Å². The number of hydrogen-bond acceptors (Lipinski definition) is 3. The van der Waals surface area contributed by atoms with Crippen molar-refractivity contribution in [1.82, 2.24) is 10.6 Å². The minimum absolute atomic E-state index is 0.306. The van der Waals surface area contributed by atoms with Crippen molar-refractivity contribution in [1.29, 1.82) is 0 Å². The van der Waals surface area contributed by atoms with Gasteiger partial charge in [0, 0.05) is 6.54 Å². The van der Waals surface area contributed by atoms with E-state index >= 15 is 0 Å². The summed E-state index contributed by atoms with van der Waals surface area (Å²) in [6.45, 7) is 5.17. The summed E-state index contributed by atoms with van der Waals surface area (Å²) in [5, 5.41) is 16.4. The molecule has 0 aliphatic rings. The second-order valence-electron chi connectivity index (χ2n) is 6.04. The standard InChI is InChI=1S/C19H34N2O/c1-2-3-7-14-19(22)21-16-11-5-4-10-15-20-17-18-12-8-6-9-13-18/h6,8-9,12-13,19-22H,2-5,7,10-11,14-17H2,1H3. The molecular formula is C19H34N2O. The highest BCUT2D eigenvalue weighted by Gasteiger charge is 2.01. The molecule has 1 aromatic rings. The third-order valence-electron chi connectivity index (χ3n) is 3.91. The Bertz CT molecular complexity index is 343. The molecule has 1 aromatic carbocycles. The van der Waals surface area contributed by atoms with E-state index in [0.29, 0.717) is 0 Å². The zero-order valence-corrected chi connectivity index (χ0v) is 14.2. The van der Waals surface area contributed by atoms with Gasteiger partial charge in [-0.1, -0.05) is 62.9 Å². The van der Waals surface area contributed by atoms with E-state index in [0.717, 1.165) is 38.9 Å². The van der Waals surface area contributed by atoms with E-state index in [1.807, 2.05) is 0 Å². The van der Waals surface area contributed by atoms with Crippen molar-refractivity contribution in [3.8, 4) is 0 Å². The quantitative estimate of drug-likeness (QED) is 0.361. The van der Waals surface area contributed by atoms with Crippen LogP contribution in [-0.2, 0) is 6.54 Å². The van der Waals surface area contributed by atoms with E-state index in [-0.39, 0.29) is 6.23 Å². The first kappa shape index (κ1) is 19.1. The Morgan fingerprint density at radius 3 is 2.36 bits per heavy atom. The predicted octanol–water partition coefficient (Wildman–Crippen LogP) is 3.82. The maximum atomic E-state index is 9.74. The third kappa shape index (κ3) is 10.8. The van der Waals surface area contributed by atoms with Gasteiger partial charge in [0.25, 0.3) is 0 Å². The van der Waals surface area contributed by atoms with E-state index in [4.69, 9.17) is 0 Å². The molecule has 0 amide bonds. The second kappa shape index (κ2) is 13.7. The van der Waals surface area contributed by atoms with Gasteiger partial charge in [-0.25, -0.2) is 0 Å². The molecular weight excluding hydrogens is 272 g/mol. The SMILES string of the molecule is CCCCCC(O)NCCCCCCNCc1ccccc1. The van der Waals surface area contributed by atoms with Crippen LogP contribution in [0.2, 0.25) is 0 Å². The van der Waals surface area contributed by atoms with Crippen LogP contribution < -0.4 is 10.6 Å². The summed E-state index contributed by atoms with van der Waals surface area (Å²) in [6, 6.07) is 10.5. The van der Waals surface area contributed by atoms with Crippen molar-refractivity contribution in [3.63, 3.8) is 0 Å². The first-order valence-electron chi connectivity index (χ1n) is 8.99. The highest BCUT2D eigenvalue weighted by atomic mass is 16.3. The number of hydrogen-bond donors (Lipinski definition) is 3. The van der Waals surface area contributed by atoms with Gasteiger partial charge in [-0.3, -0.25) is 5.32 Å². The molecule has 22 heavy (non-hydrogen) atoms. The number of nitrogens with one attached hydrogen (secondary N) is 2. The number of rotatable bonds is 14. The van der Waals surface area contributed by atoms with E-state index in [2.05, 4.69) is 47.9 Å². The minimum Gasteiger partial charge on any atom is -0.379 e. The van der Waals surface area contributed by atoms with Crippen molar-refractivity contribution in [2.75, 3.05) is 13.1 Å². The van der Waals surface area contributed by atoms with Crippen molar-refractivity contribution in [3.05, 3.63) is 35.9 Å². The molecule has 1 atom stereocenters. The summed E-state index contributed by atoms with van der Waals surface area (Å²) in [5.41, 5.74) is 1.35. The second-order valence-corrected chi connectivity index (χ2v) is 6.04. The molecule has 0 fully saturated rings. The van der Waals surface area contributed by atoms with Gasteiger partial charge in [0.2, 0.25) is 0 Å². The Balaban J connectivity index is 1.81. The van der Waals surface area contributed by atoms with Crippen LogP contribution in [0, 0.1) is 0 Å². The first-order valence-corrected chi connectivity index (χ1v) is 8.99. The fourth-order valence-electron chi connectivity index (χ4n) is 2.52. The summed E-state index contributed by atoms with van der Waals surface area (Å²) in [7, 11) is 0. The normalized spacial score (nSPS) is 12.5. The smallest absolute Gasteiger partial charge is 0.104 e. The lowest BCUT2D eigenvalue weighted by Gasteiger charge is -2.12. The Labute approximate surface area is 136 Å². The van der Waals surface area contributed by atoms with Crippen LogP contribution in [0.15, 0.2) is 30.3 Å². The van der Waals surface area contributed by atoms with Gasteiger partial charge >= 0.3 is 0 Å². The van der Waals surface area contributed by atoms with E-state index in [1.54, 1.807) is 0 Å². The average Bonchev–Trinajstić information content (AvgIpc) is 2.54. The van der Waals surface area contributed by atoms with Gasteiger partial charge in [-0.05, 0) is 44.3 Å². The average molecular weight is 306 g/mol. The van der Waals surface area contributed by atoms with Crippen molar-refractivity contribution < 1.29 is 5.11 Å². The van der Waals surface area contributed by atoms with Gasteiger partial charge < -0.3 is 10.4 Å². The zero-order chi connectivity index (χ0) is 15.9. The van der Waals surface area contributed by atoms with Gasteiger partial charge in [-0.2, -0.15) is 0 Å². The molecule has 0 saturated carbocycles. The topological polar surface area (TPSA) is 44.3 Å². The lowest BCUT2D eigenvalue weighted by molar-refractivity contribution is 0.124. The Kier molecular flexibility index (Phi) is 12.0. The maximum Gasteiger partial charge on any atom is 0.104 e. The monoisotopic (exact) mass is 306 g/mol. The van der Waals surface area contributed by atoms with Crippen LogP contribution in [0.25, 0.3) is 0 Å². The number of aliphatic hydroxyl groups excluding tert-OH is 1. The van der Waals surface area contributed by atoms with Gasteiger partial charge in [0.1, 0.15) is 6.23 Å². The van der Waals surface area contributed by atoms with E-state index in [1.165, 1.54) is 37.7 Å². The maximum absolute atomic E-state index is 9.74. The lowest BCUT2D eigenvalue weighted by atomic mass is 10.1. The van der Waals surface area contributed by atoms with E-state index < -0.39 is 0 Å². The minimum atomic E-state index is -0.306. The summed E-state index contributed by atoms with van der Waals surface area (Å²) in [4.78, 5) is 0. The Morgan fingerprint density at radius 1 is 0.909 bits per heavy atom. The van der Waals surface area contributed by atoms with Crippen LogP contribution in [0.5, 0.6) is 0 Å². The Hall–Kier alpha value is -0.900. The molecule has 0 aliphatic heterocycles. The molecule has 0 aliphatic carbocycles. The molecule has 0 spiro atoms. The third-order valence-corrected chi connectivity index (χ3v) is 3.91. The molecule has 0 bridgehead atoms. The molecule has 3 heteroatoms. The molecule has 0 saturated heterocycles. The van der Waals surface area contributed by atoms with Crippen molar-refractivity contribution in [2.24, 2.45) is 0 Å². The fraction of sp³-hybridized carbons (Fsp3) is 0.684. The predicted molar refractivity (Wildman–Crippen MR) is 94.8 cm³/mol.